The Labute approximate surface area is 168 Å². The summed E-state index contributed by atoms with van der Waals surface area (Å²) in [6.45, 7) is -0.0137. The van der Waals surface area contributed by atoms with Crippen molar-refractivity contribution >= 4 is 5.97 Å². The van der Waals surface area contributed by atoms with E-state index in [2.05, 4.69) is 0 Å². The van der Waals surface area contributed by atoms with Gasteiger partial charge in [0, 0.05) is 6.92 Å². The molecule has 2 aromatic rings. The van der Waals surface area contributed by atoms with Gasteiger partial charge >= 0.3 is 5.97 Å². The number of rotatable bonds is 9. The van der Waals surface area contributed by atoms with Crippen LogP contribution in [-0.4, -0.2) is 43.4 Å². The summed E-state index contributed by atoms with van der Waals surface area (Å²) < 4.78 is 51.0. The van der Waals surface area contributed by atoms with Crippen LogP contribution in [0, 0.1) is 0 Å². The van der Waals surface area contributed by atoms with Gasteiger partial charge in [0.2, 0.25) is 12.0 Å². The van der Waals surface area contributed by atoms with E-state index < -0.39 is 36.8 Å². The summed E-state index contributed by atoms with van der Waals surface area (Å²) in [4.78, 5) is 11.3. The molecule has 1 heterocycles. The van der Waals surface area contributed by atoms with E-state index >= 15 is 4.39 Å². The normalized spacial score (nSPS) is 26.4. The van der Waals surface area contributed by atoms with E-state index in [1.807, 2.05) is 60.7 Å². The predicted molar refractivity (Wildman–Crippen MR) is 101 cm³/mol. The fourth-order valence-electron chi connectivity index (χ4n) is 3.20. The highest BCUT2D eigenvalue weighted by Crippen LogP contribution is 2.39. The van der Waals surface area contributed by atoms with Gasteiger partial charge in [0.15, 0.2) is 0 Å². The molecular weight excluding hydrogens is 382 g/mol. The van der Waals surface area contributed by atoms with Crippen molar-refractivity contribution in [2.24, 2.45) is 0 Å². The van der Waals surface area contributed by atoms with Crippen LogP contribution in [-0.2, 0) is 37.0 Å². The first-order valence-electron chi connectivity index (χ1n) is 9.37. The molecule has 29 heavy (non-hydrogen) atoms. The molecule has 1 aliphatic rings. The molecule has 7 heteroatoms. The summed E-state index contributed by atoms with van der Waals surface area (Å²) in [6.07, 6.45) is -3.93. The van der Waals surface area contributed by atoms with Crippen molar-refractivity contribution in [3.8, 4) is 0 Å². The average molecular weight is 406 g/mol. The van der Waals surface area contributed by atoms with Crippen LogP contribution in [0.15, 0.2) is 60.7 Å². The lowest BCUT2D eigenvalue weighted by atomic mass is 9.98. The molecule has 1 fully saturated rings. The fraction of sp³-hybridized carbons (Fsp3) is 0.409. The smallest absolute Gasteiger partial charge is 0.305 e. The van der Waals surface area contributed by atoms with E-state index in [0.717, 1.165) is 18.1 Å². The van der Waals surface area contributed by atoms with Crippen LogP contribution in [0.3, 0.4) is 0 Å². The molecular formula is C22H24F2O5. The summed E-state index contributed by atoms with van der Waals surface area (Å²) in [6, 6.07) is 18.5. The Balaban J connectivity index is 1.70. The molecule has 1 aliphatic heterocycles. The highest BCUT2D eigenvalue weighted by molar-refractivity contribution is 5.66. The van der Waals surface area contributed by atoms with E-state index in [9.17, 15) is 9.18 Å². The summed E-state index contributed by atoms with van der Waals surface area (Å²) >= 11 is 0. The number of esters is 1. The lowest BCUT2D eigenvalue weighted by Gasteiger charge is -2.28. The molecule has 0 N–H and O–H groups in total. The van der Waals surface area contributed by atoms with Crippen LogP contribution in [0.1, 0.15) is 18.1 Å². The number of carbonyl (C=O) groups is 1. The van der Waals surface area contributed by atoms with Crippen molar-refractivity contribution < 1.29 is 32.5 Å². The SMILES string of the molecule is CC(=O)O[C@@H]1OC(COCc2ccccc2)[C@H](OCc2ccccc2)C1(F)CF. The first kappa shape index (κ1) is 21.4. The van der Waals surface area contributed by atoms with Crippen LogP contribution in [0.2, 0.25) is 0 Å². The summed E-state index contributed by atoms with van der Waals surface area (Å²) in [5.74, 6) is -0.766. The zero-order valence-electron chi connectivity index (χ0n) is 16.1. The monoisotopic (exact) mass is 406 g/mol. The second-order valence-electron chi connectivity index (χ2n) is 6.89. The van der Waals surface area contributed by atoms with Crippen molar-refractivity contribution in [2.75, 3.05) is 13.3 Å². The third-order valence-corrected chi connectivity index (χ3v) is 4.64. The van der Waals surface area contributed by atoms with Crippen LogP contribution >= 0.6 is 0 Å². The number of hydrogen-bond acceptors (Lipinski definition) is 5. The minimum atomic E-state index is -2.62. The van der Waals surface area contributed by atoms with Gasteiger partial charge in [-0.25, -0.2) is 8.78 Å². The topological polar surface area (TPSA) is 54.0 Å². The van der Waals surface area contributed by atoms with E-state index in [0.29, 0.717) is 0 Å². The van der Waals surface area contributed by atoms with Crippen LogP contribution in [0.25, 0.3) is 0 Å². The standard InChI is InChI=1S/C22H24F2O5/c1-16(25)28-21-22(24,15-23)20(27-13-18-10-6-3-7-11-18)19(29-21)14-26-12-17-8-4-2-5-9-17/h2-11,19-21H,12-15H2,1H3/t19?,20-,21+,22?/m0/s1. The van der Waals surface area contributed by atoms with Crippen LogP contribution in [0.4, 0.5) is 8.78 Å². The second kappa shape index (κ2) is 9.91. The molecule has 2 aromatic carbocycles. The molecule has 3 rings (SSSR count). The van der Waals surface area contributed by atoms with Gasteiger partial charge in [-0.3, -0.25) is 4.79 Å². The van der Waals surface area contributed by atoms with Gasteiger partial charge < -0.3 is 18.9 Å². The lowest BCUT2D eigenvalue weighted by molar-refractivity contribution is -0.198. The van der Waals surface area contributed by atoms with E-state index in [1.165, 1.54) is 0 Å². The molecule has 5 nitrogen and oxygen atoms in total. The maximum Gasteiger partial charge on any atom is 0.305 e. The Kier molecular flexibility index (Phi) is 7.30. The minimum Gasteiger partial charge on any atom is -0.432 e. The molecule has 0 amide bonds. The molecule has 0 radical (unpaired) electrons. The summed E-state index contributed by atoms with van der Waals surface area (Å²) in [7, 11) is 0. The van der Waals surface area contributed by atoms with Crippen molar-refractivity contribution in [3.63, 3.8) is 0 Å². The Morgan fingerprint density at radius 3 is 2.17 bits per heavy atom. The lowest BCUT2D eigenvalue weighted by Crippen LogP contribution is -2.49. The quantitative estimate of drug-likeness (QED) is 0.594. The molecule has 1 saturated heterocycles. The van der Waals surface area contributed by atoms with Crippen molar-refractivity contribution in [1.29, 1.82) is 0 Å². The highest BCUT2D eigenvalue weighted by Gasteiger charge is 2.61. The molecule has 0 aliphatic carbocycles. The highest BCUT2D eigenvalue weighted by atomic mass is 19.2. The average Bonchev–Trinajstić information content (AvgIpc) is 2.99. The van der Waals surface area contributed by atoms with Gasteiger partial charge in [-0.05, 0) is 11.1 Å². The summed E-state index contributed by atoms with van der Waals surface area (Å²) in [5.41, 5.74) is -0.893. The maximum absolute atomic E-state index is 15.5. The number of ether oxygens (including phenoxy) is 4. The third kappa shape index (κ3) is 5.38. The van der Waals surface area contributed by atoms with E-state index in [-0.39, 0.29) is 19.8 Å². The van der Waals surface area contributed by atoms with Gasteiger partial charge in [0.25, 0.3) is 0 Å². The number of halogens is 2. The largest absolute Gasteiger partial charge is 0.432 e. The van der Waals surface area contributed by atoms with E-state index in [4.69, 9.17) is 18.9 Å². The molecule has 4 atom stereocenters. The number of alkyl halides is 2. The molecule has 0 aromatic heterocycles. The molecule has 2 unspecified atom stereocenters. The molecule has 0 bridgehead atoms. The van der Waals surface area contributed by atoms with Gasteiger partial charge in [0.1, 0.15) is 18.9 Å². The van der Waals surface area contributed by atoms with E-state index in [1.54, 1.807) is 0 Å². The number of benzene rings is 2. The van der Waals surface area contributed by atoms with Crippen LogP contribution < -0.4 is 0 Å². The molecule has 0 saturated carbocycles. The Bertz CT molecular complexity index is 773. The number of hydrogen-bond donors (Lipinski definition) is 0. The second-order valence-corrected chi connectivity index (χ2v) is 6.89. The van der Waals surface area contributed by atoms with Crippen molar-refractivity contribution in [2.45, 2.75) is 44.3 Å². The number of carbonyl (C=O) groups excluding carboxylic acids is 1. The maximum atomic E-state index is 15.5. The first-order chi connectivity index (χ1) is 14.0. The molecule has 156 valence electrons. The Morgan fingerprint density at radius 2 is 1.62 bits per heavy atom. The molecule has 0 spiro atoms. The Hall–Kier alpha value is -2.35. The zero-order valence-corrected chi connectivity index (χ0v) is 16.1. The first-order valence-corrected chi connectivity index (χ1v) is 9.37. The van der Waals surface area contributed by atoms with Crippen LogP contribution in [0.5, 0.6) is 0 Å². The van der Waals surface area contributed by atoms with Crippen molar-refractivity contribution in [1.82, 2.24) is 0 Å². The fourth-order valence-corrected chi connectivity index (χ4v) is 3.20. The Morgan fingerprint density at radius 1 is 1.03 bits per heavy atom. The third-order valence-electron chi connectivity index (χ3n) is 4.64. The zero-order chi connectivity index (χ0) is 20.7. The van der Waals surface area contributed by atoms with Gasteiger partial charge in [-0.2, -0.15) is 0 Å². The summed E-state index contributed by atoms with van der Waals surface area (Å²) in [5, 5.41) is 0. The van der Waals surface area contributed by atoms with Gasteiger partial charge in [-0.15, -0.1) is 0 Å². The minimum absolute atomic E-state index is 0.0439. The predicted octanol–water partition coefficient (Wildman–Crippen LogP) is 3.75. The van der Waals surface area contributed by atoms with Gasteiger partial charge in [-0.1, -0.05) is 60.7 Å². The van der Waals surface area contributed by atoms with Crippen molar-refractivity contribution in [3.05, 3.63) is 71.8 Å². The van der Waals surface area contributed by atoms with Gasteiger partial charge in [0.05, 0.1) is 19.8 Å².